The fraction of sp³-hybridized carbons (Fsp3) is 0.316. The van der Waals surface area contributed by atoms with Crippen molar-refractivity contribution in [2.75, 3.05) is 5.75 Å². The molecule has 0 amide bonds. The van der Waals surface area contributed by atoms with E-state index in [1.165, 1.54) is 5.56 Å². The molecule has 0 aliphatic carbocycles. The van der Waals surface area contributed by atoms with E-state index in [1.807, 2.05) is 30.3 Å². The smallest absolute Gasteiger partial charge is 0.147 e. The highest BCUT2D eigenvalue weighted by Crippen LogP contribution is 2.25. The molecule has 2 heteroatoms. The van der Waals surface area contributed by atoms with E-state index in [2.05, 4.69) is 45.0 Å². The van der Waals surface area contributed by atoms with E-state index >= 15 is 0 Å². The van der Waals surface area contributed by atoms with Crippen LogP contribution in [-0.4, -0.2) is 11.5 Å². The third kappa shape index (κ3) is 5.05. The topological polar surface area (TPSA) is 17.1 Å². The molecule has 21 heavy (non-hydrogen) atoms. The van der Waals surface area contributed by atoms with Gasteiger partial charge >= 0.3 is 0 Å². The van der Waals surface area contributed by atoms with Gasteiger partial charge in [0.2, 0.25) is 0 Å². The maximum Gasteiger partial charge on any atom is 0.147 e. The van der Waals surface area contributed by atoms with Crippen molar-refractivity contribution in [3.8, 4) is 0 Å². The van der Waals surface area contributed by atoms with Gasteiger partial charge in [0.25, 0.3) is 0 Å². The summed E-state index contributed by atoms with van der Waals surface area (Å²) < 4.78 is 0. The number of benzene rings is 2. The molecule has 2 aromatic carbocycles. The van der Waals surface area contributed by atoms with Gasteiger partial charge in [-0.3, -0.25) is 4.79 Å². The van der Waals surface area contributed by atoms with Crippen molar-refractivity contribution in [1.82, 2.24) is 0 Å². The molecule has 0 aliphatic rings. The third-order valence-electron chi connectivity index (χ3n) is 3.36. The summed E-state index contributed by atoms with van der Waals surface area (Å²) in [6, 6.07) is 18.5. The molecule has 0 N–H and O–H groups in total. The maximum absolute atomic E-state index is 12.0. The Balaban J connectivity index is 1.87. The lowest BCUT2D eigenvalue weighted by Crippen LogP contribution is -2.10. The van der Waals surface area contributed by atoms with Crippen LogP contribution in [0.25, 0.3) is 0 Å². The molecule has 0 bridgehead atoms. The van der Waals surface area contributed by atoms with Crippen LogP contribution in [0.2, 0.25) is 0 Å². The number of Topliss-reactive ketones (excluding diaryl/α,β-unsaturated/α-hetero) is 1. The monoisotopic (exact) mass is 298 g/mol. The Morgan fingerprint density at radius 2 is 1.57 bits per heavy atom. The number of hydrogen-bond acceptors (Lipinski definition) is 2. The highest BCUT2D eigenvalue weighted by atomic mass is 32.2. The zero-order valence-electron chi connectivity index (χ0n) is 12.9. The highest BCUT2D eigenvalue weighted by Gasteiger charge is 2.13. The van der Waals surface area contributed by atoms with Gasteiger partial charge in [0.15, 0.2) is 0 Å². The first kappa shape index (κ1) is 15.8. The number of thioether (sulfide) groups is 1. The van der Waals surface area contributed by atoms with Gasteiger partial charge in [-0.2, -0.15) is 0 Å². The largest absolute Gasteiger partial charge is 0.298 e. The fourth-order valence-electron chi connectivity index (χ4n) is 2.09. The molecule has 0 unspecified atom stereocenters. The molecule has 0 atom stereocenters. The van der Waals surface area contributed by atoms with Gasteiger partial charge in [-0.15, -0.1) is 11.8 Å². The standard InChI is InChI=1S/C19H22OS/c1-19(2,3)16-9-11-18(12-10-16)21-14-17(20)13-15-7-5-4-6-8-15/h4-12H,13-14H2,1-3H3. The van der Waals surface area contributed by atoms with E-state index in [-0.39, 0.29) is 11.2 Å². The van der Waals surface area contributed by atoms with E-state index in [9.17, 15) is 4.79 Å². The summed E-state index contributed by atoms with van der Waals surface area (Å²) in [4.78, 5) is 13.1. The van der Waals surface area contributed by atoms with Crippen molar-refractivity contribution in [3.63, 3.8) is 0 Å². The first-order valence-corrected chi connectivity index (χ1v) is 8.23. The second kappa shape index (κ2) is 6.95. The number of carbonyl (C=O) groups excluding carboxylic acids is 1. The zero-order chi connectivity index (χ0) is 15.3. The lowest BCUT2D eigenvalue weighted by atomic mass is 9.87. The third-order valence-corrected chi connectivity index (χ3v) is 4.44. The number of ketones is 1. The van der Waals surface area contributed by atoms with Crippen LogP contribution in [-0.2, 0) is 16.6 Å². The Kier molecular flexibility index (Phi) is 5.24. The fourth-order valence-corrected chi connectivity index (χ4v) is 2.85. The van der Waals surface area contributed by atoms with Crippen LogP contribution in [0.15, 0.2) is 59.5 Å². The van der Waals surface area contributed by atoms with E-state index < -0.39 is 0 Å². The van der Waals surface area contributed by atoms with Gasteiger partial charge in [-0.1, -0.05) is 63.2 Å². The molecule has 0 spiro atoms. The van der Waals surface area contributed by atoms with E-state index in [4.69, 9.17) is 0 Å². The number of hydrogen-bond donors (Lipinski definition) is 0. The lowest BCUT2D eigenvalue weighted by Gasteiger charge is -2.19. The van der Waals surface area contributed by atoms with Crippen molar-refractivity contribution in [3.05, 3.63) is 65.7 Å². The molecule has 2 aromatic rings. The summed E-state index contributed by atoms with van der Waals surface area (Å²) in [6.07, 6.45) is 0.522. The molecule has 0 aliphatic heterocycles. The van der Waals surface area contributed by atoms with Crippen LogP contribution in [0.4, 0.5) is 0 Å². The molecule has 0 saturated carbocycles. The summed E-state index contributed by atoms with van der Waals surface area (Å²) in [5.74, 6) is 0.801. The minimum absolute atomic E-state index is 0.173. The number of carbonyl (C=O) groups is 1. The van der Waals surface area contributed by atoms with Crippen LogP contribution in [0.5, 0.6) is 0 Å². The van der Waals surface area contributed by atoms with Crippen molar-refractivity contribution in [1.29, 1.82) is 0 Å². The van der Waals surface area contributed by atoms with Gasteiger partial charge in [-0.25, -0.2) is 0 Å². The van der Waals surface area contributed by atoms with E-state index in [0.717, 1.165) is 10.5 Å². The van der Waals surface area contributed by atoms with Gasteiger partial charge in [0.1, 0.15) is 5.78 Å². The van der Waals surface area contributed by atoms with Gasteiger partial charge in [0, 0.05) is 11.3 Å². The number of rotatable bonds is 5. The Hall–Kier alpha value is -1.54. The molecular formula is C19H22OS. The van der Waals surface area contributed by atoms with Crippen LogP contribution >= 0.6 is 11.8 Å². The van der Waals surface area contributed by atoms with Crippen LogP contribution in [0, 0.1) is 0 Å². The maximum atomic E-state index is 12.0. The normalized spacial score (nSPS) is 11.4. The summed E-state index contributed by atoms with van der Waals surface area (Å²) in [5, 5.41) is 0. The minimum atomic E-state index is 0.173. The molecule has 0 aromatic heterocycles. The quantitative estimate of drug-likeness (QED) is 0.731. The molecule has 0 heterocycles. The minimum Gasteiger partial charge on any atom is -0.298 e. The van der Waals surface area contributed by atoms with Gasteiger partial charge in [0.05, 0.1) is 5.75 Å². The Morgan fingerprint density at radius 3 is 2.14 bits per heavy atom. The van der Waals surface area contributed by atoms with Crippen molar-refractivity contribution >= 4 is 17.5 Å². The van der Waals surface area contributed by atoms with Gasteiger partial charge < -0.3 is 0 Å². The summed E-state index contributed by atoms with van der Waals surface area (Å²) in [6.45, 7) is 6.62. The average Bonchev–Trinajstić information content (AvgIpc) is 2.46. The predicted molar refractivity (Wildman–Crippen MR) is 91.0 cm³/mol. The molecule has 0 fully saturated rings. The molecular weight excluding hydrogens is 276 g/mol. The zero-order valence-corrected chi connectivity index (χ0v) is 13.7. The highest BCUT2D eigenvalue weighted by molar-refractivity contribution is 8.00. The lowest BCUT2D eigenvalue weighted by molar-refractivity contribution is -0.116. The second-order valence-electron chi connectivity index (χ2n) is 6.26. The Bertz CT molecular complexity index is 579. The molecule has 0 radical (unpaired) electrons. The van der Waals surface area contributed by atoms with E-state index in [1.54, 1.807) is 11.8 Å². The van der Waals surface area contributed by atoms with Crippen molar-refractivity contribution < 1.29 is 4.79 Å². The summed E-state index contributed by atoms with van der Waals surface area (Å²) in [7, 11) is 0. The van der Waals surface area contributed by atoms with Crippen molar-refractivity contribution in [2.24, 2.45) is 0 Å². The summed E-state index contributed by atoms with van der Waals surface area (Å²) >= 11 is 1.62. The molecule has 2 rings (SSSR count). The Morgan fingerprint density at radius 1 is 0.952 bits per heavy atom. The van der Waals surface area contributed by atoms with Crippen LogP contribution in [0.1, 0.15) is 31.9 Å². The molecule has 110 valence electrons. The molecule has 1 nitrogen and oxygen atoms in total. The Labute approximate surface area is 131 Å². The van der Waals surface area contributed by atoms with Crippen LogP contribution in [0.3, 0.4) is 0 Å². The summed E-state index contributed by atoms with van der Waals surface area (Å²) in [5.41, 5.74) is 2.58. The van der Waals surface area contributed by atoms with E-state index in [0.29, 0.717) is 12.2 Å². The first-order valence-electron chi connectivity index (χ1n) is 7.24. The first-order chi connectivity index (χ1) is 9.95. The van der Waals surface area contributed by atoms with Crippen LogP contribution < -0.4 is 0 Å². The average molecular weight is 298 g/mol. The SMILES string of the molecule is CC(C)(C)c1ccc(SCC(=O)Cc2ccccc2)cc1. The second-order valence-corrected chi connectivity index (χ2v) is 7.31. The van der Waals surface area contributed by atoms with Gasteiger partial charge in [-0.05, 0) is 28.7 Å². The predicted octanol–water partition coefficient (Wildman–Crippen LogP) is 4.89. The van der Waals surface area contributed by atoms with Crippen molar-refractivity contribution in [2.45, 2.75) is 37.5 Å². The molecule has 0 saturated heterocycles.